The summed E-state index contributed by atoms with van der Waals surface area (Å²) in [4.78, 5) is 2.21. The number of benzene rings is 1. The first kappa shape index (κ1) is 9.94. The molecular formula is C13H17FN2. The third-order valence-electron chi connectivity index (χ3n) is 4.05. The van der Waals surface area contributed by atoms with Crippen LogP contribution in [0.4, 0.5) is 15.8 Å². The van der Waals surface area contributed by atoms with E-state index >= 15 is 0 Å². The summed E-state index contributed by atoms with van der Waals surface area (Å²) in [7, 11) is 0. The third-order valence-corrected chi connectivity index (χ3v) is 4.05. The SMILES string of the molecule is Nc1ccc(F)cc1N1CC2(CCCC2)C1. The van der Waals surface area contributed by atoms with E-state index in [-0.39, 0.29) is 5.82 Å². The molecule has 3 heteroatoms. The molecule has 2 fully saturated rings. The average molecular weight is 220 g/mol. The maximum Gasteiger partial charge on any atom is 0.125 e. The van der Waals surface area contributed by atoms with Gasteiger partial charge < -0.3 is 10.6 Å². The summed E-state index contributed by atoms with van der Waals surface area (Å²) in [6.07, 6.45) is 5.37. The highest BCUT2D eigenvalue weighted by molar-refractivity contribution is 5.69. The smallest absolute Gasteiger partial charge is 0.125 e. The summed E-state index contributed by atoms with van der Waals surface area (Å²) in [5, 5.41) is 0. The van der Waals surface area contributed by atoms with Gasteiger partial charge in [-0.1, -0.05) is 12.8 Å². The molecule has 0 atom stereocenters. The van der Waals surface area contributed by atoms with Gasteiger partial charge in [-0.15, -0.1) is 0 Å². The number of nitrogen functional groups attached to an aromatic ring is 1. The lowest BCUT2D eigenvalue weighted by atomic mass is 9.78. The molecule has 3 rings (SSSR count). The van der Waals surface area contributed by atoms with Crippen LogP contribution in [0.15, 0.2) is 18.2 Å². The molecular weight excluding hydrogens is 203 g/mol. The van der Waals surface area contributed by atoms with Crippen LogP contribution in [0.5, 0.6) is 0 Å². The van der Waals surface area contributed by atoms with E-state index in [2.05, 4.69) is 4.90 Å². The summed E-state index contributed by atoms with van der Waals surface area (Å²) in [6.45, 7) is 2.11. The first-order chi connectivity index (χ1) is 7.69. The van der Waals surface area contributed by atoms with Crippen molar-refractivity contribution in [2.75, 3.05) is 23.7 Å². The predicted octanol–water partition coefficient (Wildman–Crippen LogP) is 2.79. The largest absolute Gasteiger partial charge is 0.397 e. The van der Waals surface area contributed by atoms with E-state index < -0.39 is 0 Å². The number of nitrogens with zero attached hydrogens (tertiary/aromatic N) is 1. The molecule has 1 heterocycles. The fourth-order valence-corrected chi connectivity index (χ4v) is 3.17. The minimum atomic E-state index is -0.198. The van der Waals surface area contributed by atoms with Gasteiger partial charge in [-0.3, -0.25) is 0 Å². The lowest BCUT2D eigenvalue weighted by Crippen LogP contribution is -2.55. The number of nitrogens with two attached hydrogens (primary N) is 1. The first-order valence-corrected chi connectivity index (χ1v) is 5.99. The second-order valence-electron chi connectivity index (χ2n) is 5.27. The Morgan fingerprint density at radius 3 is 2.56 bits per heavy atom. The van der Waals surface area contributed by atoms with Gasteiger partial charge >= 0.3 is 0 Å². The van der Waals surface area contributed by atoms with Crippen LogP contribution >= 0.6 is 0 Å². The molecule has 1 aromatic rings. The van der Waals surface area contributed by atoms with Crippen molar-refractivity contribution < 1.29 is 4.39 Å². The highest BCUT2D eigenvalue weighted by Gasteiger charge is 2.45. The lowest BCUT2D eigenvalue weighted by molar-refractivity contribution is 0.222. The van der Waals surface area contributed by atoms with Gasteiger partial charge in [-0.05, 0) is 31.0 Å². The van der Waals surface area contributed by atoms with Crippen LogP contribution in [0.1, 0.15) is 25.7 Å². The molecule has 0 aromatic heterocycles. The van der Waals surface area contributed by atoms with Crippen LogP contribution in [0.3, 0.4) is 0 Å². The monoisotopic (exact) mass is 220 g/mol. The van der Waals surface area contributed by atoms with Crippen LogP contribution in [0.25, 0.3) is 0 Å². The van der Waals surface area contributed by atoms with E-state index in [4.69, 9.17) is 5.73 Å². The Bertz CT molecular complexity index is 402. The van der Waals surface area contributed by atoms with Crippen LogP contribution in [0.2, 0.25) is 0 Å². The molecule has 2 aliphatic rings. The summed E-state index contributed by atoms with van der Waals surface area (Å²) in [6, 6.07) is 4.63. The quantitative estimate of drug-likeness (QED) is 0.737. The lowest BCUT2D eigenvalue weighted by Gasteiger charge is -2.50. The van der Waals surface area contributed by atoms with Crippen molar-refractivity contribution in [3.05, 3.63) is 24.0 Å². The topological polar surface area (TPSA) is 29.3 Å². The summed E-state index contributed by atoms with van der Waals surface area (Å²) in [5.41, 5.74) is 7.97. The van der Waals surface area contributed by atoms with Gasteiger partial charge in [-0.25, -0.2) is 4.39 Å². The Labute approximate surface area is 95.2 Å². The number of hydrogen-bond acceptors (Lipinski definition) is 2. The van der Waals surface area contributed by atoms with Gasteiger partial charge in [0.1, 0.15) is 5.82 Å². The van der Waals surface area contributed by atoms with Gasteiger partial charge in [0, 0.05) is 18.5 Å². The maximum atomic E-state index is 13.2. The van der Waals surface area contributed by atoms with Gasteiger partial charge in [-0.2, -0.15) is 0 Å². The van der Waals surface area contributed by atoms with Gasteiger partial charge in [0.2, 0.25) is 0 Å². The third kappa shape index (κ3) is 1.46. The Morgan fingerprint density at radius 2 is 1.88 bits per heavy atom. The zero-order valence-corrected chi connectivity index (χ0v) is 9.38. The zero-order valence-electron chi connectivity index (χ0n) is 9.38. The second-order valence-corrected chi connectivity index (χ2v) is 5.27. The normalized spacial score (nSPS) is 22.4. The summed E-state index contributed by atoms with van der Waals surface area (Å²) in [5.74, 6) is -0.198. The molecule has 0 unspecified atom stereocenters. The van der Waals surface area contributed by atoms with Gasteiger partial charge in [0.25, 0.3) is 0 Å². The fourth-order valence-electron chi connectivity index (χ4n) is 3.17. The van der Waals surface area contributed by atoms with Crippen molar-refractivity contribution >= 4 is 11.4 Å². The number of rotatable bonds is 1. The molecule has 0 amide bonds. The minimum absolute atomic E-state index is 0.198. The van der Waals surface area contributed by atoms with Crippen molar-refractivity contribution in [1.82, 2.24) is 0 Å². The van der Waals surface area contributed by atoms with Crippen LogP contribution in [-0.4, -0.2) is 13.1 Å². The molecule has 86 valence electrons. The molecule has 16 heavy (non-hydrogen) atoms. The number of halogens is 1. The fraction of sp³-hybridized carbons (Fsp3) is 0.538. The second kappa shape index (κ2) is 3.37. The molecule has 1 aromatic carbocycles. The minimum Gasteiger partial charge on any atom is -0.397 e. The van der Waals surface area contributed by atoms with E-state index in [1.165, 1.54) is 31.7 Å². The van der Waals surface area contributed by atoms with Crippen molar-refractivity contribution in [1.29, 1.82) is 0 Å². The zero-order chi connectivity index (χ0) is 11.2. The van der Waals surface area contributed by atoms with Gasteiger partial charge in [0.05, 0.1) is 11.4 Å². The molecule has 1 aliphatic carbocycles. The Hall–Kier alpha value is -1.25. The molecule has 0 bridgehead atoms. The Morgan fingerprint density at radius 1 is 1.19 bits per heavy atom. The first-order valence-electron chi connectivity index (χ1n) is 5.99. The Balaban J connectivity index is 1.78. The maximum absolute atomic E-state index is 13.2. The van der Waals surface area contributed by atoms with Crippen LogP contribution in [0, 0.1) is 11.2 Å². The molecule has 2 N–H and O–H groups in total. The van der Waals surface area contributed by atoms with Crippen molar-refractivity contribution in [3.8, 4) is 0 Å². The van der Waals surface area contributed by atoms with Crippen molar-refractivity contribution in [2.45, 2.75) is 25.7 Å². The molecule has 1 saturated heterocycles. The predicted molar refractivity (Wildman–Crippen MR) is 63.9 cm³/mol. The van der Waals surface area contributed by atoms with E-state index in [9.17, 15) is 4.39 Å². The molecule has 2 nitrogen and oxygen atoms in total. The number of hydrogen-bond donors (Lipinski definition) is 1. The molecule has 1 aliphatic heterocycles. The summed E-state index contributed by atoms with van der Waals surface area (Å²) >= 11 is 0. The van der Waals surface area contributed by atoms with E-state index in [0.29, 0.717) is 11.1 Å². The van der Waals surface area contributed by atoms with Crippen LogP contribution in [-0.2, 0) is 0 Å². The highest BCUT2D eigenvalue weighted by Crippen LogP contribution is 2.47. The Kier molecular flexibility index (Phi) is 2.09. The van der Waals surface area contributed by atoms with Gasteiger partial charge in [0.15, 0.2) is 0 Å². The van der Waals surface area contributed by atoms with Crippen molar-refractivity contribution in [3.63, 3.8) is 0 Å². The summed E-state index contributed by atoms with van der Waals surface area (Å²) < 4.78 is 13.2. The van der Waals surface area contributed by atoms with Crippen LogP contribution < -0.4 is 10.6 Å². The molecule has 0 radical (unpaired) electrons. The average Bonchev–Trinajstić information content (AvgIpc) is 2.68. The standard InChI is InChI=1S/C13H17FN2/c14-10-3-4-11(15)12(7-10)16-8-13(9-16)5-1-2-6-13/h3-4,7H,1-2,5-6,8-9,15H2. The molecule has 1 spiro atoms. The molecule has 1 saturated carbocycles. The number of anilines is 2. The van der Waals surface area contributed by atoms with E-state index in [1.807, 2.05) is 0 Å². The highest BCUT2D eigenvalue weighted by atomic mass is 19.1. The van der Waals surface area contributed by atoms with E-state index in [1.54, 1.807) is 12.1 Å². The van der Waals surface area contributed by atoms with E-state index in [0.717, 1.165) is 18.8 Å². The van der Waals surface area contributed by atoms with Crippen molar-refractivity contribution in [2.24, 2.45) is 5.41 Å².